The van der Waals surface area contributed by atoms with E-state index in [4.69, 9.17) is 0 Å². The molecule has 2 aromatic heterocycles. The molecule has 0 unspecified atom stereocenters. The monoisotopic (exact) mass is 436 g/mol. The van der Waals surface area contributed by atoms with Gasteiger partial charge in [-0.25, -0.2) is 4.98 Å². The van der Waals surface area contributed by atoms with Crippen LogP contribution >= 0.6 is 0 Å². The van der Waals surface area contributed by atoms with Crippen LogP contribution in [0.4, 0.5) is 11.4 Å². The number of nitro benzene ring substituents is 1. The lowest BCUT2D eigenvalue weighted by atomic mass is 10.2. The van der Waals surface area contributed by atoms with Crippen LogP contribution in [0.3, 0.4) is 0 Å². The van der Waals surface area contributed by atoms with Crippen molar-refractivity contribution in [2.45, 2.75) is 26.8 Å². The number of amides is 1. The molecule has 1 amide bonds. The Morgan fingerprint density at radius 3 is 2.66 bits per heavy atom. The van der Waals surface area contributed by atoms with Gasteiger partial charge in [0.2, 0.25) is 5.91 Å². The molecule has 1 fully saturated rings. The highest BCUT2D eigenvalue weighted by atomic mass is 16.6. The van der Waals surface area contributed by atoms with Gasteiger partial charge in [0.15, 0.2) is 0 Å². The third kappa shape index (κ3) is 4.72. The molecule has 0 bridgehead atoms. The summed E-state index contributed by atoms with van der Waals surface area (Å²) in [5.74, 6) is 0.0668. The van der Waals surface area contributed by atoms with Crippen LogP contribution in [0.1, 0.15) is 23.4 Å². The van der Waals surface area contributed by atoms with Crippen molar-refractivity contribution in [3.05, 3.63) is 69.7 Å². The first-order chi connectivity index (χ1) is 15.4. The Morgan fingerprint density at radius 1 is 1.16 bits per heavy atom. The number of anilines is 1. The molecule has 3 heterocycles. The second kappa shape index (κ2) is 9.35. The number of aromatic nitrogens is 2. The molecule has 1 aliphatic heterocycles. The Bertz CT molecular complexity index is 1130. The standard InChI is InChI=1S/C23H28N6O3/c1-17-8-10-28-21(18(2)25-22(28)15-17)16-26-11-13-27(14-12-26)23(30)7-9-24-19-5-3-4-6-20(19)29(31)32/h3-6,8,10,15,24H,7,9,11-14,16H2,1-2H3. The van der Waals surface area contributed by atoms with Crippen LogP contribution < -0.4 is 5.32 Å². The summed E-state index contributed by atoms with van der Waals surface area (Å²) in [7, 11) is 0. The summed E-state index contributed by atoms with van der Waals surface area (Å²) in [5, 5.41) is 14.1. The first-order valence-corrected chi connectivity index (χ1v) is 10.8. The van der Waals surface area contributed by atoms with Crippen molar-refractivity contribution in [2.24, 2.45) is 0 Å². The minimum atomic E-state index is -0.421. The molecule has 1 saturated heterocycles. The smallest absolute Gasteiger partial charge is 0.292 e. The lowest BCUT2D eigenvalue weighted by Gasteiger charge is -2.34. The van der Waals surface area contributed by atoms with Gasteiger partial charge in [-0.1, -0.05) is 12.1 Å². The Morgan fingerprint density at radius 2 is 1.91 bits per heavy atom. The average Bonchev–Trinajstić information content (AvgIpc) is 3.08. The van der Waals surface area contributed by atoms with Crippen LogP contribution in [0.2, 0.25) is 0 Å². The summed E-state index contributed by atoms with van der Waals surface area (Å²) < 4.78 is 2.15. The number of nitrogens with zero attached hydrogens (tertiary/aromatic N) is 5. The number of nitro groups is 1. The molecule has 1 aliphatic rings. The quantitative estimate of drug-likeness (QED) is 0.452. The van der Waals surface area contributed by atoms with E-state index in [1.807, 2.05) is 11.8 Å². The van der Waals surface area contributed by atoms with Crippen molar-refractivity contribution >= 4 is 22.9 Å². The maximum atomic E-state index is 12.6. The third-order valence-corrected chi connectivity index (χ3v) is 5.93. The summed E-state index contributed by atoms with van der Waals surface area (Å²) in [5.41, 5.74) is 4.85. The summed E-state index contributed by atoms with van der Waals surface area (Å²) in [6.45, 7) is 8.25. The molecular formula is C23H28N6O3. The van der Waals surface area contributed by atoms with Gasteiger partial charge in [-0.3, -0.25) is 19.8 Å². The van der Waals surface area contributed by atoms with E-state index in [0.717, 1.165) is 31.0 Å². The van der Waals surface area contributed by atoms with Crippen molar-refractivity contribution in [2.75, 3.05) is 38.0 Å². The summed E-state index contributed by atoms with van der Waals surface area (Å²) in [6, 6.07) is 10.7. The highest BCUT2D eigenvalue weighted by Crippen LogP contribution is 2.23. The Labute approximate surface area is 186 Å². The third-order valence-electron chi connectivity index (χ3n) is 5.93. The van der Waals surface area contributed by atoms with E-state index in [1.54, 1.807) is 18.2 Å². The molecule has 0 aliphatic carbocycles. The zero-order valence-electron chi connectivity index (χ0n) is 18.5. The number of pyridine rings is 1. The summed E-state index contributed by atoms with van der Waals surface area (Å²) in [4.78, 5) is 32.2. The molecule has 0 radical (unpaired) electrons. The van der Waals surface area contributed by atoms with Gasteiger partial charge in [-0.15, -0.1) is 0 Å². The van der Waals surface area contributed by atoms with E-state index >= 15 is 0 Å². The molecule has 168 valence electrons. The van der Waals surface area contributed by atoms with E-state index in [0.29, 0.717) is 31.7 Å². The predicted octanol–water partition coefficient (Wildman–Crippen LogP) is 3.01. The fourth-order valence-electron chi connectivity index (χ4n) is 4.12. The van der Waals surface area contributed by atoms with Crippen LogP contribution in [0.15, 0.2) is 42.6 Å². The molecule has 3 aromatic rings. The van der Waals surface area contributed by atoms with E-state index in [1.165, 1.54) is 17.3 Å². The second-order valence-electron chi connectivity index (χ2n) is 8.18. The highest BCUT2D eigenvalue weighted by molar-refractivity contribution is 5.77. The topological polar surface area (TPSA) is 96.0 Å². The summed E-state index contributed by atoms with van der Waals surface area (Å²) in [6.07, 6.45) is 2.38. The van der Waals surface area contributed by atoms with Gasteiger partial charge >= 0.3 is 0 Å². The minimum absolute atomic E-state index is 0.0198. The van der Waals surface area contributed by atoms with Gasteiger partial charge in [0.1, 0.15) is 11.3 Å². The van der Waals surface area contributed by atoms with Gasteiger partial charge in [-0.05, 0) is 37.6 Å². The number of imidazole rings is 1. The van der Waals surface area contributed by atoms with E-state index in [-0.39, 0.29) is 11.6 Å². The number of nitrogens with one attached hydrogen (secondary N) is 1. The molecule has 32 heavy (non-hydrogen) atoms. The van der Waals surface area contributed by atoms with Crippen LogP contribution in [0.25, 0.3) is 5.65 Å². The first kappa shape index (κ1) is 21.8. The number of rotatable bonds is 7. The maximum absolute atomic E-state index is 12.6. The average molecular weight is 437 g/mol. The lowest BCUT2D eigenvalue weighted by molar-refractivity contribution is -0.384. The number of piperazine rings is 1. The van der Waals surface area contributed by atoms with E-state index in [9.17, 15) is 14.9 Å². The predicted molar refractivity (Wildman–Crippen MR) is 123 cm³/mol. The first-order valence-electron chi connectivity index (χ1n) is 10.8. The zero-order chi connectivity index (χ0) is 22.7. The number of para-hydroxylation sites is 2. The highest BCUT2D eigenvalue weighted by Gasteiger charge is 2.22. The molecular weight excluding hydrogens is 408 g/mol. The minimum Gasteiger partial charge on any atom is -0.379 e. The van der Waals surface area contributed by atoms with Crippen LogP contribution in [-0.4, -0.2) is 62.7 Å². The van der Waals surface area contributed by atoms with Crippen LogP contribution in [0.5, 0.6) is 0 Å². The Balaban J connectivity index is 1.27. The fraction of sp³-hybridized carbons (Fsp3) is 0.391. The largest absolute Gasteiger partial charge is 0.379 e. The number of benzene rings is 1. The fourth-order valence-corrected chi connectivity index (χ4v) is 4.12. The Kier molecular flexibility index (Phi) is 6.36. The maximum Gasteiger partial charge on any atom is 0.292 e. The van der Waals surface area contributed by atoms with Crippen molar-refractivity contribution in [1.29, 1.82) is 0 Å². The number of hydrogen-bond donors (Lipinski definition) is 1. The van der Waals surface area contributed by atoms with Crippen molar-refractivity contribution in [3.63, 3.8) is 0 Å². The molecule has 4 rings (SSSR count). The van der Waals surface area contributed by atoms with Gasteiger partial charge in [0.25, 0.3) is 5.69 Å². The van der Waals surface area contributed by atoms with Crippen molar-refractivity contribution in [3.8, 4) is 0 Å². The van der Waals surface area contributed by atoms with Gasteiger partial charge in [0.05, 0.1) is 16.3 Å². The number of aryl methyl sites for hydroxylation is 2. The number of carbonyl (C=O) groups excluding carboxylic acids is 1. The lowest BCUT2D eigenvalue weighted by Crippen LogP contribution is -2.48. The number of fused-ring (bicyclic) bond motifs is 1. The second-order valence-corrected chi connectivity index (χ2v) is 8.18. The van der Waals surface area contributed by atoms with Crippen LogP contribution in [-0.2, 0) is 11.3 Å². The SMILES string of the molecule is Cc1ccn2c(CN3CCN(C(=O)CCNc4ccccc4[N+](=O)[O-])CC3)c(C)nc2c1. The summed E-state index contributed by atoms with van der Waals surface area (Å²) >= 11 is 0. The van der Waals surface area contributed by atoms with Crippen molar-refractivity contribution < 1.29 is 9.72 Å². The van der Waals surface area contributed by atoms with Gasteiger partial charge < -0.3 is 14.6 Å². The van der Waals surface area contributed by atoms with Crippen molar-refractivity contribution in [1.82, 2.24) is 19.2 Å². The van der Waals surface area contributed by atoms with E-state index in [2.05, 4.69) is 44.9 Å². The zero-order valence-corrected chi connectivity index (χ0v) is 18.5. The molecule has 9 nitrogen and oxygen atoms in total. The normalized spacial score (nSPS) is 14.6. The molecule has 1 aromatic carbocycles. The van der Waals surface area contributed by atoms with E-state index < -0.39 is 4.92 Å². The number of carbonyl (C=O) groups is 1. The number of hydrogen-bond acceptors (Lipinski definition) is 6. The Hall–Kier alpha value is -3.46. The van der Waals surface area contributed by atoms with Crippen LogP contribution in [0, 0.1) is 24.0 Å². The van der Waals surface area contributed by atoms with Gasteiger partial charge in [-0.2, -0.15) is 0 Å². The molecule has 0 saturated carbocycles. The van der Waals surface area contributed by atoms with Gasteiger partial charge in [0, 0.05) is 58.0 Å². The molecule has 9 heteroatoms. The molecule has 0 atom stereocenters. The molecule has 0 spiro atoms. The molecule has 1 N–H and O–H groups in total.